The van der Waals surface area contributed by atoms with Crippen LogP contribution in [0.2, 0.25) is 0 Å². The van der Waals surface area contributed by atoms with Gasteiger partial charge < -0.3 is 14.2 Å². The van der Waals surface area contributed by atoms with Crippen LogP contribution in [0.5, 0.6) is 0 Å². The smallest absolute Gasteiger partial charge is 0.272 e. The number of amides is 1. The summed E-state index contributed by atoms with van der Waals surface area (Å²) in [5.41, 5.74) is 3.32. The first-order valence-electron chi connectivity index (χ1n) is 9.98. The Morgan fingerprint density at radius 1 is 1.14 bits per heavy atom. The van der Waals surface area contributed by atoms with Crippen molar-refractivity contribution in [3.63, 3.8) is 0 Å². The third-order valence-corrected chi connectivity index (χ3v) is 5.97. The van der Waals surface area contributed by atoms with Gasteiger partial charge in [-0.05, 0) is 24.8 Å². The number of carbonyl (C=O) groups is 1. The van der Waals surface area contributed by atoms with Crippen LogP contribution in [0.3, 0.4) is 0 Å². The zero-order valence-electron chi connectivity index (χ0n) is 16.4. The molecule has 3 aromatic rings. The molecule has 0 unspecified atom stereocenters. The third-order valence-electron chi connectivity index (χ3n) is 5.97. The molecule has 1 saturated heterocycles. The van der Waals surface area contributed by atoms with Crippen LogP contribution in [0.4, 0.5) is 0 Å². The number of carbonyl (C=O) groups excluding carboxylic acids is 1. The predicted molar refractivity (Wildman–Crippen MR) is 107 cm³/mol. The van der Waals surface area contributed by atoms with Crippen LogP contribution >= 0.6 is 0 Å². The number of aromatic nitrogens is 4. The SMILES string of the molecule is Cn1cncc1C(=O)N1CCC2(CC1)OCCc1cnc(-c3ccccc3)nc12. The van der Waals surface area contributed by atoms with Gasteiger partial charge in [0.15, 0.2) is 5.82 Å². The molecule has 0 bridgehead atoms. The zero-order chi connectivity index (χ0) is 19.8. The number of fused-ring (bicyclic) bond motifs is 2. The molecule has 29 heavy (non-hydrogen) atoms. The van der Waals surface area contributed by atoms with Gasteiger partial charge in [0.05, 0.1) is 24.8 Å². The van der Waals surface area contributed by atoms with Crippen LogP contribution in [0, 0.1) is 0 Å². The minimum atomic E-state index is -0.441. The highest BCUT2D eigenvalue weighted by Crippen LogP contribution is 2.41. The van der Waals surface area contributed by atoms with Crippen molar-refractivity contribution in [1.29, 1.82) is 0 Å². The number of hydrogen-bond acceptors (Lipinski definition) is 5. The first-order valence-corrected chi connectivity index (χ1v) is 9.98. The van der Waals surface area contributed by atoms with Crippen molar-refractivity contribution >= 4 is 5.91 Å². The number of benzene rings is 1. The van der Waals surface area contributed by atoms with Gasteiger partial charge in [0.2, 0.25) is 0 Å². The quantitative estimate of drug-likeness (QED) is 0.674. The first-order chi connectivity index (χ1) is 14.2. The maximum absolute atomic E-state index is 12.8. The van der Waals surface area contributed by atoms with Gasteiger partial charge in [-0.2, -0.15) is 0 Å². The van der Waals surface area contributed by atoms with Crippen LogP contribution < -0.4 is 0 Å². The summed E-state index contributed by atoms with van der Waals surface area (Å²) in [5, 5.41) is 0. The molecule has 5 rings (SSSR count). The van der Waals surface area contributed by atoms with E-state index >= 15 is 0 Å². The highest BCUT2D eigenvalue weighted by atomic mass is 16.5. The zero-order valence-corrected chi connectivity index (χ0v) is 16.4. The van der Waals surface area contributed by atoms with E-state index in [2.05, 4.69) is 9.97 Å². The Labute approximate surface area is 169 Å². The first kappa shape index (κ1) is 18.0. The van der Waals surface area contributed by atoms with Gasteiger partial charge in [-0.3, -0.25) is 4.79 Å². The van der Waals surface area contributed by atoms with Crippen molar-refractivity contribution in [3.05, 3.63) is 66.0 Å². The number of nitrogens with zero attached hydrogens (tertiary/aromatic N) is 5. The Morgan fingerprint density at radius 3 is 2.66 bits per heavy atom. The third kappa shape index (κ3) is 3.11. The number of ether oxygens (including phenoxy) is 1. The van der Waals surface area contributed by atoms with Crippen LogP contribution in [0.15, 0.2) is 49.1 Å². The molecule has 1 fully saturated rings. The normalized spacial score (nSPS) is 17.9. The largest absolute Gasteiger partial charge is 0.368 e. The Morgan fingerprint density at radius 2 is 1.93 bits per heavy atom. The van der Waals surface area contributed by atoms with Gasteiger partial charge in [-0.25, -0.2) is 15.0 Å². The fraction of sp³-hybridized carbons (Fsp3) is 0.364. The average Bonchev–Trinajstić information content (AvgIpc) is 3.20. The van der Waals surface area contributed by atoms with Crippen molar-refractivity contribution in [2.24, 2.45) is 7.05 Å². The van der Waals surface area contributed by atoms with E-state index in [1.165, 1.54) is 0 Å². The summed E-state index contributed by atoms with van der Waals surface area (Å²) in [7, 11) is 1.84. The van der Waals surface area contributed by atoms with E-state index in [4.69, 9.17) is 9.72 Å². The standard InChI is InChI=1S/C22H23N5O2/c1-26-15-23-14-18(26)21(28)27-10-8-22(9-11-27)19-17(7-12-29-22)13-24-20(25-19)16-5-3-2-4-6-16/h2-6,13-15H,7-12H2,1H3. The van der Waals surface area contributed by atoms with Gasteiger partial charge in [0.25, 0.3) is 5.91 Å². The molecule has 7 heteroatoms. The molecule has 2 aromatic heterocycles. The second-order valence-electron chi connectivity index (χ2n) is 7.71. The van der Waals surface area contributed by atoms with Crippen molar-refractivity contribution < 1.29 is 9.53 Å². The lowest BCUT2D eigenvalue weighted by Gasteiger charge is -2.44. The number of rotatable bonds is 2. The van der Waals surface area contributed by atoms with E-state index in [1.54, 1.807) is 17.1 Å². The molecular weight excluding hydrogens is 366 g/mol. The summed E-state index contributed by atoms with van der Waals surface area (Å²) in [6.07, 6.45) is 7.51. The molecular formula is C22H23N5O2. The molecule has 0 radical (unpaired) electrons. The maximum atomic E-state index is 12.8. The number of likely N-dealkylation sites (tertiary alicyclic amines) is 1. The summed E-state index contributed by atoms with van der Waals surface area (Å²) in [4.78, 5) is 28.3. The second kappa shape index (κ2) is 7.08. The summed E-state index contributed by atoms with van der Waals surface area (Å²) < 4.78 is 8.08. The monoisotopic (exact) mass is 389 g/mol. The van der Waals surface area contributed by atoms with E-state index < -0.39 is 5.60 Å². The van der Waals surface area contributed by atoms with Crippen molar-refractivity contribution in [2.75, 3.05) is 19.7 Å². The highest BCUT2D eigenvalue weighted by Gasteiger charge is 2.43. The molecule has 0 saturated carbocycles. The fourth-order valence-corrected chi connectivity index (χ4v) is 4.31. The number of imidazole rings is 1. The molecule has 2 aliphatic heterocycles. The molecule has 2 aliphatic rings. The van der Waals surface area contributed by atoms with E-state index in [0.29, 0.717) is 25.4 Å². The predicted octanol–water partition coefficient (Wildman–Crippen LogP) is 2.58. The Bertz CT molecular complexity index is 1040. The molecule has 1 aromatic carbocycles. The van der Waals surface area contributed by atoms with Gasteiger partial charge >= 0.3 is 0 Å². The van der Waals surface area contributed by atoms with Crippen molar-refractivity contribution in [2.45, 2.75) is 24.9 Å². The summed E-state index contributed by atoms with van der Waals surface area (Å²) in [6, 6.07) is 10.0. The lowest BCUT2D eigenvalue weighted by atomic mass is 9.83. The molecule has 148 valence electrons. The molecule has 7 nitrogen and oxygen atoms in total. The van der Waals surface area contributed by atoms with Gasteiger partial charge in [0.1, 0.15) is 11.3 Å². The maximum Gasteiger partial charge on any atom is 0.272 e. The lowest BCUT2D eigenvalue weighted by molar-refractivity contribution is -0.0967. The molecule has 4 heterocycles. The molecule has 0 aliphatic carbocycles. The molecule has 0 atom stereocenters. The van der Waals surface area contributed by atoms with Crippen LogP contribution in [-0.4, -0.2) is 50.0 Å². The van der Waals surface area contributed by atoms with Gasteiger partial charge in [-0.1, -0.05) is 30.3 Å². The minimum absolute atomic E-state index is 0.0172. The Hall–Kier alpha value is -3.06. The second-order valence-corrected chi connectivity index (χ2v) is 7.71. The van der Waals surface area contributed by atoms with Crippen molar-refractivity contribution in [3.8, 4) is 11.4 Å². The molecule has 1 spiro atoms. The fourth-order valence-electron chi connectivity index (χ4n) is 4.31. The van der Waals surface area contributed by atoms with Crippen LogP contribution in [-0.2, 0) is 23.8 Å². The number of hydrogen-bond donors (Lipinski definition) is 0. The summed E-state index contributed by atoms with van der Waals surface area (Å²) >= 11 is 0. The van der Waals surface area contributed by atoms with Gasteiger partial charge in [0, 0.05) is 31.9 Å². The van der Waals surface area contributed by atoms with Gasteiger partial charge in [-0.15, -0.1) is 0 Å². The number of piperidine rings is 1. The molecule has 0 N–H and O–H groups in total. The summed E-state index contributed by atoms with van der Waals surface area (Å²) in [5.74, 6) is 0.742. The van der Waals surface area contributed by atoms with E-state index in [9.17, 15) is 4.79 Å². The lowest BCUT2D eigenvalue weighted by Crippen LogP contribution is -2.49. The summed E-state index contributed by atoms with van der Waals surface area (Å²) in [6.45, 7) is 1.93. The van der Waals surface area contributed by atoms with E-state index in [0.717, 1.165) is 41.9 Å². The number of aryl methyl sites for hydroxylation is 1. The highest BCUT2D eigenvalue weighted by molar-refractivity contribution is 5.92. The van der Waals surface area contributed by atoms with E-state index in [1.807, 2.05) is 48.5 Å². The Balaban J connectivity index is 1.42. The van der Waals surface area contributed by atoms with Crippen LogP contribution in [0.25, 0.3) is 11.4 Å². The Kier molecular flexibility index (Phi) is 4.39. The minimum Gasteiger partial charge on any atom is -0.368 e. The van der Waals surface area contributed by atoms with E-state index in [-0.39, 0.29) is 5.91 Å². The molecule has 1 amide bonds. The van der Waals surface area contributed by atoms with Crippen molar-refractivity contribution in [1.82, 2.24) is 24.4 Å². The topological polar surface area (TPSA) is 73.1 Å². The average molecular weight is 389 g/mol. The van der Waals surface area contributed by atoms with Crippen LogP contribution in [0.1, 0.15) is 34.6 Å².